The largest absolute Gasteiger partial charge is 0.453 e. The molecule has 1 unspecified atom stereocenters. The van der Waals surface area contributed by atoms with Gasteiger partial charge in [0.25, 0.3) is 0 Å². The first kappa shape index (κ1) is 27.3. The third kappa shape index (κ3) is 5.91. The predicted octanol–water partition coefficient (Wildman–Crippen LogP) is 5.47. The molecule has 6 nitrogen and oxygen atoms in total. The standard InChI is InChI=1S/C28H34ClF2N3O3/c1-28(2,3)33-16-22(21-10-9-20(30)15-24(21)31)23(17-33)26(35)32-12-11-25(18-5-7-19(29)8-6-18)34(14-13-32)27(36)37-4/h5-10,15,22-23,25H,11-14,16-17H2,1-4H3/t22-,23+,25?/m0/s1. The van der Waals surface area contributed by atoms with E-state index in [1.165, 1.54) is 19.2 Å². The number of likely N-dealkylation sites (tertiary alicyclic amines) is 1. The summed E-state index contributed by atoms with van der Waals surface area (Å²) in [6.07, 6.45) is 0.0635. The number of hydrogen-bond donors (Lipinski definition) is 0. The zero-order valence-electron chi connectivity index (χ0n) is 21.7. The van der Waals surface area contributed by atoms with Gasteiger partial charge >= 0.3 is 6.09 Å². The molecule has 2 amide bonds. The van der Waals surface area contributed by atoms with Crippen molar-refractivity contribution in [3.8, 4) is 0 Å². The summed E-state index contributed by atoms with van der Waals surface area (Å²) in [4.78, 5) is 32.2. The van der Waals surface area contributed by atoms with Gasteiger partial charge in [0.2, 0.25) is 5.91 Å². The molecule has 0 aromatic heterocycles. The van der Waals surface area contributed by atoms with Crippen LogP contribution in [0.3, 0.4) is 0 Å². The topological polar surface area (TPSA) is 53.1 Å². The molecule has 2 aromatic rings. The molecule has 3 atom stereocenters. The van der Waals surface area contributed by atoms with Gasteiger partial charge in [-0.3, -0.25) is 14.6 Å². The van der Waals surface area contributed by atoms with Crippen LogP contribution in [0.15, 0.2) is 42.5 Å². The van der Waals surface area contributed by atoms with Gasteiger partial charge in [0, 0.05) is 55.3 Å². The average molecular weight is 534 g/mol. The molecule has 0 spiro atoms. The number of methoxy groups -OCH3 is 1. The molecule has 0 N–H and O–H groups in total. The van der Waals surface area contributed by atoms with Crippen LogP contribution in [0, 0.1) is 17.6 Å². The van der Waals surface area contributed by atoms with Gasteiger partial charge in [-0.2, -0.15) is 0 Å². The Bertz CT molecular complexity index is 1140. The van der Waals surface area contributed by atoms with Crippen molar-refractivity contribution in [1.29, 1.82) is 0 Å². The van der Waals surface area contributed by atoms with E-state index in [0.29, 0.717) is 49.7 Å². The molecule has 2 aromatic carbocycles. The maximum Gasteiger partial charge on any atom is 0.410 e. The van der Waals surface area contributed by atoms with Gasteiger partial charge in [0.05, 0.1) is 19.1 Å². The second-order valence-electron chi connectivity index (χ2n) is 10.8. The fourth-order valence-electron chi connectivity index (χ4n) is 5.47. The molecule has 2 heterocycles. The Kier molecular flexibility index (Phi) is 8.09. The number of carbonyl (C=O) groups excluding carboxylic acids is 2. The number of nitrogens with zero attached hydrogens (tertiary/aromatic N) is 3. The summed E-state index contributed by atoms with van der Waals surface area (Å²) in [6.45, 7) is 8.24. The first-order valence-corrected chi connectivity index (χ1v) is 13.0. The van der Waals surface area contributed by atoms with Crippen LogP contribution in [0.4, 0.5) is 13.6 Å². The molecular weight excluding hydrogens is 500 g/mol. The number of ether oxygens (including phenoxy) is 1. The summed E-state index contributed by atoms with van der Waals surface area (Å²) < 4.78 is 33.6. The van der Waals surface area contributed by atoms with Crippen molar-refractivity contribution in [3.63, 3.8) is 0 Å². The van der Waals surface area contributed by atoms with Crippen molar-refractivity contribution in [3.05, 3.63) is 70.2 Å². The maximum atomic E-state index is 14.9. The first-order chi connectivity index (χ1) is 17.5. The molecule has 0 bridgehead atoms. The van der Waals surface area contributed by atoms with Crippen molar-refractivity contribution in [2.24, 2.45) is 5.92 Å². The Balaban J connectivity index is 1.60. The highest BCUT2D eigenvalue weighted by Gasteiger charge is 2.45. The minimum absolute atomic E-state index is 0.0814. The highest BCUT2D eigenvalue weighted by molar-refractivity contribution is 6.30. The highest BCUT2D eigenvalue weighted by atomic mass is 35.5. The number of hydrogen-bond acceptors (Lipinski definition) is 4. The van der Waals surface area contributed by atoms with E-state index in [9.17, 15) is 18.4 Å². The molecule has 0 radical (unpaired) electrons. The van der Waals surface area contributed by atoms with Crippen molar-refractivity contribution in [2.75, 3.05) is 39.8 Å². The molecule has 2 aliphatic rings. The number of benzene rings is 2. The number of rotatable bonds is 3. The Hall–Kier alpha value is -2.71. The minimum Gasteiger partial charge on any atom is -0.453 e. The monoisotopic (exact) mass is 533 g/mol. The lowest BCUT2D eigenvalue weighted by Gasteiger charge is -2.32. The van der Waals surface area contributed by atoms with E-state index in [1.54, 1.807) is 21.9 Å². The van der Waals surface area contributed by atoms with E-state index in [-0.39, 0.29) is 17.5 Å². The van der Waals surface area contributed by atoms with Gasteiger partial charge in [0.1, 0.15) is 11.6 Å². The lowest BCUT2D eigenvalue weighted by Crippen LogP contribution is -2.43. The van der Waals surface area contributed by atoms with E-state index in [4.69, 9.17) is 16.3 Å². The quantitative estimate of drug-likeness (QED) is 0.525. The summed E-state index contributed by atoms with van der Waals surface area (Å²) in [6, 6.07) is 10.6. The van der Waals surface area contributed by atoms with Crippen LogP contribution in [-0.4, -0.2) is 72.1 Å². The van der Waals surface area contributed by atoms with Crippen molar-refractivity contribution in [1.82, 2.24) is 14.7 Å². The van der Waals surface area contributed by atoms with Gasteiger partial charge < -0.3 is 9.64 Å². The fraction of sp³-hybridized carbons (Fsp3) is 0.500. The predicted molar refractivity (Wildman–Crippen MR) is 138 cm³/mol. The van der Waals surface area contributed by atoms with Crippen LogP contribution >= 0.6 is 11.6 Å². The minimum atomic E-state index is -0.640. The molecule has 2 saturated heterocycles. The number of carbonyl (C=O) groups is 2. The summed E-state index contributed by atoms with van der Waals surface area (Å²) >= 11 is 6.06. The van der Waals surface area contributed by atoms with Crippen molar-refractivity contribution in [2.45, 2.75) is 44.7 Å². The van der Waals surface area contributed by atoms with Crippen LogP contribution in [0.2, 0.25) is 5.02 Å². The van der Waals surface area contributed by atoms with Gasteiger partial charge in [-0.1, -0.05) is 29.8 Å². The van der Waals surface area contributed by atoms with E-state index in [1.807, 2.05) is 12.1 Å². The van der Waals surface area contributed by atoms with Gasteiger partial charge in [-0.15, -0.1) is 0 Å². The van der Waals surface area contributed by atoms with Gasteiger partial charge in [0.15, 0.2) is 0 Å². The Morgan fingerprint density at radius 2 is 1.70 bits per heavy atom. The summed E-state index contributed by atoms with van der Waals surface area (Å²) in [5.41, 5.74) is 1.05. The molecule has 2 fully saturated rings. The Morgan fingerprint density at radius 3 is 2.32 bits per heavy atom. The molecule has 37 heavy (non-hydrogen) atoms. The van der Waals surface area contributed by atoms with Crippen molar-refractivity contribution < 1.29 is 23.1 Å². The van der Waals surface area contributed by atoms with Gasteiger partial charge in [-0.25, -0.2) is 13.6 Å². The molecule has 2 aliphatic heterocycles. The van der Waals surface area contributed by atoms with Crippen LogP contribution in [0.25, 0.3) is 0 Å². The summed E-state index contributed by atoms with van der Waals surface area (Å²) in [7, 11) is 1.34. The number of halogens is 3. The van der Waals surface area contributed by atoms with Crippen LogP contribution < -0.4 is 0 Å². The second-order valence-corrected chi connectivity index (χ2v) is 11.2. The molecule has 200 valence electrons. The Morgan fingerprint density at radius 1 is 1.00 bits per heavy atom. The zero-order chi connectivity index (χ0) is 26.9. The normalized spacial score (nSPS) is 23.2. The number of amides is 2. The molecular formula is C28H34ClF2N3O3. The Labute approximate surface area is 222 Å². The smallest absolute Gasteiger partial charge is 0.410 e. The first-order valence-electron chi connectivity index (χ1n) is 12.6. The summed E-state index contributed by atoms with van der Waals surface area (Å²) in [5, 5.41) is 0.600. The molecule has 4 rings (SSSR count). The third-order valence-electron chi connectivity index (χ3n) is 7.58. The fourth-order valence-corrected chi connectivity index (χ4v) is 5.60. The zero-order valence-corrected chi connectivity index (χ0v) is 22.5. The lowest BCUT2D eigenvalue weighted by molar-refractivity contribution is -0.135. The van der Waals surface area contributed by atoms with E-state index in [0.717, 1.165) is 11.6 Å². The molecule has 0 saturated carbocycles. The highest BCUT2D eigenvalue weighted by Crippen LogP contribution is 2.39. The van der Waals surface area contributed by atoms with Crippen molar-refractivity contribution >= 4 is 23.6 Å². The van der Waals surface area contributed by atoms with Crippen LogP contribution in [-0.2, 0) is 9.53 Å². The lowest BCUT2D eigenvalue weighted by atomic mass is 9.87. The second kappa shape index (κ2) is 11.0. The van der Waals surface area contributed by atoms with Crippen LogP contribution in [0.5, 0.6) is 0 Å². The third-order valence-corrected chi connectivity index (χ3v) is 7.83. The van der Waals surface area contributed by atoms with Gasteiger partial charge in [-0.05, 0) is 56.5 Å². The summed E-state index contributed by atoms with van der Waals surface area (Å²) in [5.74, 6) is -2.24. The maximum absolute atomic E-state index is 14.9. The van der Waals surface area contributed by atoms with E-state index in [2.05, 4.69) is 25.7 Å². The van der Waals surface area contributed by atoms with Crippen LogP contribution in [0.1, 0.15) is 50.3 Å². The van der Waals surface area contributed by atoms with E-state index < -0.39 is 29.6 Å². The SMILES string of the molecule is COC(=O)N1CCN(C(=O)[C@@H]2CN(C(C)(C)C)C[C@H]2c2ccc(F)cc2F)CCC1c1ccc(Cl)cc1. The molecule has 0 aliphatic carbocycles. The molecule has 9 heteroatoms. The average Bonchev–Trinajstić information content (AvgIpc) is 3.18. The van der Waals surface area contributed by atoms with E-state index >= 15 is 0 Å².